The van der Waals surface area contributed by atoms with Crippen LogP contribution < -0.4 is 16.8 Å². The number of rotatable bonds is 5. The Balaban J connectivity index is 2.14. The molecule has 0 bridgehead atoms. The first-order chi connectivity index (χ1) is 7.11. The van der Waals surface area contributed by atoms with Crippen molar-refractivity contribution in [3.8, 4) is 0 Å². The Morgan fingerprint density at radius 2 is 1.93 bits per heavy atom. The summed E-state index contributed by atoms with van der Waals surface area (Å²) in [4.78, 5) is 23.9. The highest BCUT2D eigenvalue weighted by molar-refractivity contribution is 5.80. The smallest absolute Gasteiger partial charge is 0.236 e. The minimum absolute atomic E-state index is 0.0594. The summed E-state index contributed by atoms with van der Waals surface area (Å²) in [5.74, 6) is -0.500. The van der Waals surface area contributed by atoms with Gasteiger partial charge in [-0.25, -0.2) is 0 Å². The monoisotopic (exact) mass is 214 g/mol. The molecule has 1 atom stereocenters. The van der Waals surface area contributed by atoms with E-state index in [2.05, 4.69) is 5.32 Å². The number of likely N-dealkylation sites (tertiary alicyclic amines) is 1. The quantitative estimate of drug-likeness (QED) is 0.493. The van der Waals surface area contributed by atoms with Crippen molar-refractivity contribution < 1.29 is 9.59 Å². The Labute approximate surface area is 89.0 Å². The predicted octanol–water partition coefficient (Wildman–Crippen LogP) is -1.99. The molecule has 1 heterocycles. The fourth-order valence-corrected chi connectivity index (χ4v) is 1.51. The SMILES string of the molecule is NC(=O)C(N)CNCC(=O)N1CCCC1. The third-order valence-corrected chi connectivity index (χ3v) is 2.46. The van der Waals surface area contributed by atoms with E-state index >= 15 is 0 Å². The Morgan fingerprint density at radius 1 is 1.33 bits per heavy atom. The van der Waals surface area contributed by atoms with Crippen LogP contribution in [-0.4, -0.2) is 48.9 Å². The lowest BCUT2D eigenvalue weighted by Crippen LogP contribution is -2.46. The van der Waals surface area contributed by atoms with Crippen LogP contribution in [0.5, 0.6) is 0 Å². The maximum Gasteiger partial charge on any atom is 0.236 e. The Bertz CT molecular complexity index is 238. The molecule has 0 saturated carbocycles. The van der Waals surface area contributed by atoms with Gasteiger partial charge in [-0.3, -0.25) is 9.59 Å². The standard InChI is InChI=1S/C9H18N4O2/c10-7(9(11)15)5-12-6-8(14)13-3-1-2-4-13/h7,12H,1-6,10H2,(H2,11,15). The van der Waals surface area contributed by atoms with Gasteiger partial charge in [0.15, 0.2) is 0 Å². The van der Waals surface area contributed by atoms with E-state index in [4.69, 9.17) is 11.5 Å². The van der Waals surface area contributed by atoms with Gasteiger partial charge in [0.2, 0.25) is 11.8 Å². The van der Waals surface area contributed by atoms with E-state index < -0.39 is 11.9 Å². The molecule has 1 unspecified atom stereocenters. The maximum absolute atomic E-state index is 11.5. The van der Waals surface area contributed by atoms with Gasteiger partial charge in [-0.1, -0.05) is 0 Å². The summed E-state index contributed by atoms with van der Waals surface area (Å²) in [7, 11) is 0. The van der Waals surface area contributed by atoms with Crippen LogP contribution in [0, 0.1) is 0 Å². The van der Waals surface area contributed by atoms with Crippen LogP contribution >= 0.6 is 0 Å². The van der Waals surface area contributed by atoms with Crippen LogP contribution in [0.2, 0.25) is 0 Å². The van der Waals surface area contributed by atoms with Crippen molar-refractivity contribution in [1.29, 1.82) is 0 Å². The fraction of sp³-hybridized carbons (Fsp3) is 0.778. The maximum atomic E-state index is 11.5. The number of hydrogen-bond donors (Lipinski definition) is 3. The number of carbonyl (C=O) groups excluding carboxylic acids is 2. The van der Waals surface area contributed by atoms with E-state index in [0.717, 1.165) is 25.9 Å². The topological polar surface area (TPSA) is 101 Å². The van der Waals surface area contributed by atoms with E-state index in [1.807, 2.05) is 4.90 Å². The summed E-state index contributed by atoms with van der Waals surface area (Å²) in [5, 5.41) is 2.83. The van der Waals surface area contributed by atoms with Crippen molar-refractivity contribution in [2.75, 3.05) is 26.2 Å². The van der Waals surface area contributed by atoms with Gasteiger partial charge in [0.25, 0.3) is 0 Å². The molecule has 15 heavy (non-hydrogen) atoms. The van der Waals surface area contributed by atoms with Gasteiger partial charge in [0, 0.05) is 19.6 Å². The van der Waals surface area contributed by atoms with Crippen molar-refractivity contribution >= 4 is 11.8 Å². The molecule has 1 aliphatic rings. The molecule has 0 aliphatic carbocycles. The van der Waals surface area contributed by atoms with Gasteiger partial charge in [-0.15, -0.1) is 0 Å². The summed E-state index contributed by atoms with van der Waals surface area (Å²) < 4.78 is 0. The normalized spacial score (nSPS) is 17.8. The van der Waals surface area contributed by atoms with E-state index in [1.54, 1.807) is 0 Å². The molecule has 0 aromatic carbocycles. The van der Waals surface area contributed by atoms with Crippen LogP contribution in [0.25, 0.3) is 0 Å². The van der Waals surface area contributed by atoms with Crippen LogP contribution in [0.4, 0.5) is 0 Å². The molecule has 2 amide bonds. The highest BCUT2D eigenvalue weighted by atomic mass is 16.2. The molecule has 6 heteroatoms. The average molecular weight is 214 g/mol. The largest absolute Gasteiger partial charge is 0.368 e. The van der Waals surface area contributed by atoms with Gasteiger partial charge < -0.3 is 21.7 Å². The summed E-state index contributed by atoms with van der Waals surface area (Å²) in [5.41, 5.74) is 10.4. The highest BCUT2D eigenvalue weighted by Crippen LogP contribution is 2.06. The molecule has 6 nitrogen and oxygen atoms in total. The molecule has 1 fully saturated rings. The molecule has 1 rings (SSSR count). The summed E-state index contributed by atoms with van der Waals surface area (Å²) in [6, 6.07) is -0.726. The molecule has 0 aromatic heterocycles. The third kappa shape index (κ3) is 3.85. The Morgan fingerprint density at radius 3 is 2.47 bits per heavy atom. The molecule has 0 spiro atoms. The third-order valence-electron chi connectivity index (χ3n) is 2.46. The zero-order valence-corrected chi connectivity index (χ0v) is 8.74. The van der Waals surface area contributed by atoms with E-state index in [9.17, 15) is 9.59 Å². The zero-order valence-electron chi connectivity index (χ0n) is 8.74. The molecule has 86 valence electrons. The second-order valence-electron chi connectivity index (χ2n) is 3.73. The Hall–Kier alpha value is -1.14. The number of amides is 2. The molecule has 1 aliphatic heterocycles. The summed E-state index contributed by atoms with van der Waals surface area (Å²) >= 11 is 0. The first-order valence-electron chi connectivity index (χ1n) is 5.14. The van der Waals surface area contributed by atoms with Crippen molar-refractivity contribution in [2.24, 2.45) is 11.5 Å². The molecular formula is C9H18N4O2. The van der Waals surface area contributed by atoms with Crippen LogP contribution in [0.3, 0.4) is 0 Å². The Kier molecular flexibility index (Phi) is 4.51. The first-order valence-corrected chi connectivity index (χ1v) is 5.14. The van der Waals surface area contributed by atoms with Gasteiger partial charge in [-0.2, -0.15) is 0 Å². The summed E-state index contributed by atoms with van der Waals surface area (Å²) in [6.45, 7) is 2.14. The number of nitrogens with zero attached hydrogens (tertiary/aromatic N) is 1. The first kappa shape index (κ1) is 11.9. The van der Waals surface area contributed by atoms with Crippen molar-refractivity contribution in [3.63, 3.8) is 0 Å². The number of nitrogens with two attached hydrogens (primary N) is 2. The number of hydrogen-bond acceptors (Lipinski definition) is 4. The molecule has 1 saturated heterocycles. The summed E-state index contributed by atoms with van der Waals surface area (Å²) in [6.07, 6.45) is 2.15. The van der Waals surface area contributed by atoms with E-state index in [1.165, 1.54) is 0 Å². The molecule has 5 N–H and O–H groups in total. The number of primary amides is 1. The number of carbonyl (C=O) groups is 2. The zero-order chi connectivity index (χ0) is 11.3. The van der Waals surface area contributed by atoms with Gasteiger partial charge in [0.05, 0.1) is 12.6 Å². The predicted molar refractivity (Wildman–Crippen MR) is 55.9 cm³/mol. The van der Waals surface area contributed by atoms with Crippen molar-refractivity contribution in [2.45, 2.75) is 18.9 Å². The average Bonchev–Trinajstić information content (AvgIpc) is 2.70. The molecule has 0 radical (unpaired) electrons. The van der Waals surface area contributed by atoms with Crippen LogP contribution in [0.1, 0.15) is 12.8 Å². The molecule has 0 aromatic rings. The van der Waals surface area contributed by atoms with Gasteiger partial charge in [-0.05, 0) is 12.8 Å². The van der Waals surface area contributed by atoms with E-state index in [0.29, 0.717) is 0 Å². The molecular weight excluding hydrogens is 196 g/mol. The second-order valence-corrected chi connectivity index (χ2v) is 3.73. The number of nitrogens with one attached hydrogen (secondary N) is 1. The van der Waals surface area contributed by atoms with Crippen LogP contribution in [0.15, 0.2) is 0 Å². The van der Waals surface area contributed by atoms with Crippen molar-refractivity contribution in [3.05, 3.63) is 0 Å². The highest BCUT2D eigenvalue weighted by Gasteiger charge is 2.17. The fourth-order valence-electron chi connectivity index (χ4n) is 1.51. The van der Waals surface area contributed by atoms with Crippen LogP contribution in [-0.2, 0) is 9.59 Å². The lowest BCUT2D eigenvalue weighted by molar-refractivity contribution is -0.129. The van der Waals surface area contributed by atoms with Crippen molar-refractivity contribution in [1.82, 2.24) is 10.2 Å². The van der Waals surface area contributed by atoms with Gasteiger partial charge in [0.1, 0.15) is 0 Å². The second kappa shape index (κ2) is 5.67. The lowest BCUT2D eigenvalue weighted by Gasteiger charge is -2.16. The minimum Gasteiger partial charge on any atom is -0.368 e. The minimum atomic E-state index is -0.726. The van der Waals surface area contributed by atoms with Gasteiger partial charge >= 0.3 is 0 Å². The lowest BCUT2D eigenvalue weighted by atomic mass is 10.3. The van der Waals surface area contributed by atoms with E-state index in [-0.39, 0.29) is 19.0 Å².